The van der Waals surface area contributed by atoms with Crippen molar-refractivity contribution in [2.45, 2.75) is 46.6 Å². The number of benzene rings is 1. The van der Waals surface area contributed by atoms with Crippen LogP contribution in [-0.4, -0.2) is 41.6 Å². The summed E-state index contributed by atoms with van der Waals surface area (Å²) in [5, 5.41) is 21.0. The number of aliphatic imine (C=N–C) groups is 1. The number of aryl methyl sites for hydroxylation is 1. The quantitative estimate of drug-likeness (QED) is 0.425. The summed E-state index contributed by atoms with van der Waals surface area (Å²) in [7, 11) is 0. The Labute approximate surface area is 221 Å². The first-order chi connectivity index (χ1) is 17.9. The fourth-order valence-electron chi connectivity index (χ4n) is 3.91. The average molecular weight is 536 g/mol. The lowest BCUT2D eigenvalue weighted by Gasteiger charge is -2.20. The van der Waals surface area contributed by atoms with Crippen LogP contribution in [-0.2, 0) is 17.8 Å². The van der Waals surface area contributed by atoms with Gasteiger partial charge in [-0.25, -0.2) is 4.98 Å². The van der Waals surface area contributed by atoms with E-state index in [1.54, 1.807) is 30.3 Å². The normalized spacial score (nSPS) is 16.5. The van der Waals surface area contributed by atoms with Crippen molar-refractivity contribution >= 4 is 56.1 Å². The van der Waals surface area contributed by atoms with E-state index in [9.17, 15) is 9.59 Å². The first-order valence-electron chi connectivity index (χ1n) is 12.0. The number of amides is 1. The molecule has 2 aliphatic heterocycles. The summed E-state index contributed by atoms with van der Waals surface area (Å²) in [5.41, 5.74) is 1.19. The predicted octanol–water partition coefficient (Wildman–Crippen LogP) is 4.35. The number of carbonyl (C=O) groups is 1. The third kappa shape index (κ3) is 4.98. The van der Waals surface area contributed by atoms with Crippen molar-refractivity contribution in [2.75, 3.05) is 0 Å². The highest BCUT2D eigenvalue weighted by Gasteiger charge is 2.37. The van der Waals surface area contributed by atoms with E-state index in [2.05, 4.69) is 34.0 Å². The second-order valence-electron chi connectivity index (χ2n) is 8.46. The van der Waals surface area contributed by atoms with Gasteiger partial charge in [-0.05, 0) is 54.8 Å². The number of nitrogens with one attached hydrogen (secondary N) is 1. The minimum Gasteiger partial charge on any atom is -0.487 e. The molecule has 2 aliphatic rings. The molecule has 0 radical (unpaired) electrons. The van der Waals surface area contributed by atoms with Gasteiger partial charge in [0, 0.05) is 12.0 Å². The van der Waals surface area contributed by atoms with E-state index in [4.69, 9.17) is 10.1 Å². The van der Waals surface area contributed by atoms with Crippen molar-refractivity contribution in [3.05, 3.63) is 62.5 Å². The highest BCUT2D eigenvalue weighted by atomic mass is 32.2. The van der Waals surface area contributed by atoms with Crippen LogP contribution in [0.4, 0.5) is 0 Å². The molecular formula is C25H25N7O3S2. The second kappa shape index (κ2) is 10.4. The highest BCUT2D eigenvalue weighted by Crippen LogP contribution is 2.33. The van der Waals surface area contributed by atoms with Crippen molar-refractivity contribution < 1.29 is 9.53 Å². The Balaban J connectivity index is 1.29. The maximum absolute atomic E-state index is 12.7. The van der Waals surface area contributed by atoms with Crippen LogP contribution in [0.25, 0.3) is 11.0 Å². The van der Waals surface area contributed by atoms with Crippen LogP contribution in [0.5, 0.6) is 5.75 Å². The van der Waals surface area contributed by atoms with Gasteiger partial charge in [0.15, 0.2) is 5.84 Å². The molecule has 0 bridgehead atoms. The van der Waals surface area contributed by atoms with Crippen molar-refractivity contribution in [2.24, 2.45) is 16.0 Å². The van der Waals surface area contributed by atoms with Gasteiger partial charge in [-0.3, -0.25) is 15.0 Å². The lowest BCUT2D eigenvalue weighted by molar-refractivity contribution is -0.114. The minimum absolute atomic E-state index is 0.0193. The molecular weight excluding hydrogens is 510 g/mol. The van der Waals surface area contributed by atoms with E-state index in [0.29, 0.717) is 21.6 Å². The molecule has 0 unspecified atom stereocenters. The van der Waals surface area contributed by atoms with E-state index in [-0.39, 0.29) is 29.5 Å². The fraction of sp³-hybridized carbons (Fsp3) is 0.320. The van der Waals surface area contributed by atoms with E-state index in [0.717, 1.165) is 34.9 Å². The number of carbonyl (C=O) groups excluding carboxylic acids is 1. The van der Waals surface area contributed by atoms with Crippen LogP contribution < -0.4 is 10.3 Å². The SMILES string of the molecule is CCc1nn2c(=O)cc(COc3ccc(/C=C4\C(=N)N5N=C(C(CC)CC)SC5=NC4=O)cc3)nc2s1. The van der Waals surface area contributed by atoms with Gasteiger partial charge >= 0.3 is 0 Å². The van der Waals surface area contributed by atoms with Gasteiger partial charge < -0.3 is 4.74 Å². The number of amidine groups is 2. The van der Waals surface area contributed by atoms with Gasteiger partial charge in [-0.15, -0.1) is 0 Å². The van der Waals surface area contributed by atoms with Crippen molar-refractivity contribution in [1.29, 1.82) is 5.41 Å². The zero-order valence-electron chi connectivity index (χ0n) is 20.6. The Morgan fingerprint density at radius 3 is 2.59 bits per heavy atom. The van der Waals surface area contributed by atoms with Gasteiger partial charge in [0.05, 0.1) is 11.3 Å². The maximum atomic E-state index is 12.7. The molecule has 1 N–H and O–H groups in total. The Bertz CT molecular complexity index is 1530. The Hall–Kier alpha value is -3.64. The van der Waals surface area contributed by atoms with Crippen LogP contribution in [0.2, 0.25) is 0 Å². The number of aromatic nitrogens is 3. The lowest BCUT2D eigenvalue weighted by Crippen LogP contribution is -2.35. The third-order valence-corrected chi connectivity index (χ3v) is 8.15. The smallest absolute Gasteiger partial charge is 0.283 e. The van der Waals surface area contributed by atoms with Crippen LogP contribution in [0.15, 0.2) is 50.8 Å². The largest absolute Gasteiger partial charge is 0.487 e. The van der Waals surface area contributed by atoms with E-state index in [1.807, 2.05) is 6.92 Å². The summed E-state index contributed by atoms with van der Waals surface area (Å²) in [4.78, 5) is 34.2. The number of hydrogen-bond donors (Lipinski definition) is 1. The Morgan fingerprint density at radius 1 is 1.14 bits per heavy atom. The molecule has 12 heteroatoms. The molecule has 0 spiro atoms. The number of fused-ring (bicyclic) bond motifs is 2. The number of hydrazone groups is 1. The number of hydrogen-bond acceptors (Lipinski definition) is 9. The number of rotatable bonds is 8. The van der Waals surface area contributed by atoms with E-state index >= 15 is 0 Å². The zero-order valence-corrected chi connectivity index (χ0v) is 22.2. The van der Waals surface area contributed by atoms with Crippen LogP contribution in [0.1, 0.15) is 49.9 Å². The third-order valence-electron chi connectivity index (χ3n) is 6.03. The maximum Gasteiger partial charge on any atom is 0.283 e. The first kappa shape index (κ1) is 25.0. The molecule has 3 aromatic rings. The monoisotopic (exact) mass is 535 g/mol. The summed E-state index contributed by atoms with van der Waals surface area (Å²) >= 11 is 2.76. The molecule has 0 aliphatic carbocycles. The predicted molar refractivity (Wildman–Crippen MR) is 146 cm³/mol. The standard InChI is InChI=1S/C25H25N7O3S2/c1-4-15(5-2)23-30-32-21(26)18(22(34)28-25(32)37-23)11-14-7-9-17(10-8-14)35-13-16-12-20(33)31-24(27-16)36-19(6-3)29-31/h7-12,15,26H,4-6,13H2,1-3H3/b18-11+,26-21?. The molecule has 1 aromatic carbocycles. The first-order valence-corrected chi connectivity index (χ1v) is 13.6. The fourth-order valence-corrected chi connectivity index (χ4v) is 5.92. The molecule has 0 atom stereocenters. The zero-order chi connectivity index (χ0) is 26.1. The van der Waals surface area contributed by atoms with Gasteiger partial charge in [0.25, 0.3) is 11.5 Å². The lowest BCUT2D eigenvalue weighted by atomic mass is 10.1. The summed E-state index contributed by atoms with van der Waals surface area (Å²) in [5.74, 6) is 0.439. The van der Waals surface area contributed by atoms with Gasteiger partial charge in [-0.2, -0.15) is 24.7 Å². The molecule has 1 amide bonds. The Kier molecular flexibility index (Phi) is 7.02. The topological polar surface area (TPSA) is 125 Å². The van der Waals surface area contributed by atoms with E-state index < -0.39 is 5.91 Å². The van der Waals surface area contributed by atoms with Crippen molar-refractivity contribution in [3.63, 3.8) is 0 Å². The summed E-state index contributed by atoms with van der Waals surface area (Å²) in [6.45, 7) is 6.32. The molecule has 4 heterocycles. The molecule has 2 aromatic heterocycles. The molecule has 5 rings (SSSR count). The molecule has 190 valence electrons. The molecule has 37 heavy (non-hydrogen) atoms. The minimum atomic E-state index is -0.452. The van der Waals surface area contributed by atoms with Gasteiger partial charge in [0.2, 0.25) is 10.1 Å². The highest BCUT2D eigenvalue weighted by molar-refractivity contribution is 8.27. The number of ether oxygens (including phenoxy) is 1. The number of nitrogens with zero attached hydrogens (tertiary/aromatic N) is 6. The molecule has 10 nitrogen and oxygen atoms in total. The average Bonchev–Trinajstić information content (AvgIpc) is 3.51. The summed E-state index contributed by atoms with van der Waals surface area (Å²) in [6.07, 6.45) is 4.25. The van der Waals surface area contributed by atoms with Crippen molar-refractivity contribution in [1.82, 2.24) is 19.6 Å². The van der Waals surface area contributed by atoms with Crippen LogP contribution >= 0.6 is 23.1 Å². The number of thioether (sulfide) groups is 1. The van der Waals surface area contributed by atoms with Gasteiger partial charge in [-0.1, -0.05) is 44.2 Å². The van der Waals surface area contributed by atoms with Gasteiger partial charge in [0.1, 0.15) is 22.4 Å². The Morgan fingerprint density at radius 2 is 1.89 bits per heavy atom. The van der Waals surface area contributed by atoms with Crippen LogP contribution in [0, 0.1) is 11.3 Å². The van der Waals surface area contributed by atoms with Crippen molar-refractivity contribution in [3.8, 4) is 5.75 Å². The molecule has 0 saturated carbocycles. The van der Waals surface area contributed by atoms with E-state index in [1.165, 1.54) is 38.7 Å². The molecule has 0 saturated heterocycles. The molecule has 0 fully saturated rings. The van der Waals surface area contributed by atoms with Crippen LogP contribution in [0.3, 0.4) is 0 Å². The summed E-state index contributed by atoms with van der Waals surface area (Å²) in [6, 6.07) is 8.54. The summed E-state index contributed by atoms with van der Waals surface area (Å²) < 4.78 is 7.13. The second-order valence-corrected chi connectivity index (χ2v) is 10.5.